The monoisotopic (exact) mass is 495 g/mol. The number of esters is 1. The summed E-state index contributed by atoms with van der Waals surface area (Å²) in [4.78, 5) is 45.1. The van der Waals surface area contributed by atoms with Crippen LogP contribution in [0.5, 0.6) is 5.75 Å². The van der Waals surface area contributed by atoms with E-state index in [1.165, 1.54) is 13.3 Å². The first kappa shape index (κ1) is 25.5. The fourth-order valence-corrected chi connectivity index (χ4v) is 3.65. The van der Waals surface area contributed by atoms with E-state index in [0.717, 1.165) is 11.8 Å². The maximum Gasteiger partial charge on any atom is 0.343 e. The largest absolute Gasteiger partial charge is 0.495 e. The molecule has 1 heterocycles. The summed E-state index contributed by atoms with van der Waals surface area (Å²) in [6.45, 7) is 3.58. The number of hydrogen-bond donors (Lipinski definition) is 3. The Morgan fingerprint density at radius 3 is 2.46 bits per heavy atom. The lowest BCUT2D eigenvalue weighted by molar-refractivity contribution is -0.115. The number of amides is 2. The van der Waals surface area contributed by atoms with E-state index in [1.54, 1.807) is 56.3 Å². The Balaban J connectivity index is 1.58. The first-order chi connectivity index (χ1) is 16.8. The molecule has 10 nitrogen and oxygen atoms in total. The first-order valence-corrected chi connectivity index (χ1v) is 11.5. The molecule has 1 atom stereocenters. The Bertz CT molecular complexity index is 1220. The average molecular weight is 496 g/mol. The van der Waals surface area contributed by atoms with Crippen molar-refractivity contribution in [3.63, 3.8) is 0 Å². The van der Waals surface area contributed by atoms with E-state index in [-0.39, 0.29) is 35.0 Å². The third-order valence-electron chi connectivity index (χ3n) is 4.71. The summed E-state index contributed by atoms with van der Waals surface area (Å²) >= 11 is 1.09. The lowest BCUT2D eigenvalue weighted by Crippen LogP contribution is -2.23. The third kappa shape index (κ3) is 6.70. The van der Waals surface area contributed by atoms with Crippen molar-refractivity contribution >= 4 is 46.7 Å². The van der Waals surface area contributed by atoms with E-state index in [1.807, 2.05) is 6.07 Å². The number of methoxy groups -OCH3 is 1. The number of anilines is 3. The van der Waals surface area contributed by atoms with Gasteiger partial charge in [0.05, 0.1) is 24.7 Å². The van der Waals surface area contributed by atoms with Gasteiger partial charge in [0, 0.05) is 17.4 Å². The van der Waals surface area contributed by atoms with Crippen LogP contribution in [0.2, 0.25) is 0 Å². The molecule has 0 spiro atoms. The predicted molar refractivity (Wildman–Crippen MR) is 134 cm³/mol. The van der Waals surface area contributed by atoms with Crippen molar-refractivity contribution in [1.29, 1.82) is 0 Å². The number of ether oxygens (including phenoxy) is 2. The number of para-hydroxylation sites is 2. The van der Waals surface area contributed by atoms with Crippen LogP contribution in [0.15, 0.2) is 59.9 Å². The van der Waals surface area contributed by atoms with Crippen molar-refractivity contribution in [3.8, 4) is 5.75 Å². The molecule has 0 fully saturated rings. The van der Waals surface area contributed by atoms with Gasteiger partial charge in [0.15, 0.2) is 5.16 Å². The maximum atomic E-state index is 12.6. The number of nitrogens with zero attached hydrogens (tertiary/aromatic N) is 2. The second kappa shape index (κ2) is 11.8. The molecular weight excluding hydrogens is 470 g/mol. The van der Waals surface area contributed by atoms with Crippen molar-refractivity contribution in [2.45, 2.75) is 24.3 Å². The number of nitrogens with two attached hydrogens (primary N) is 1. The van der Waals surface area contributed by atoms with E-state index in [4.69, 9.17) is 15.2 Å². The molecule has 3 aromatic rings. The summed E-state index contributed by atoms with van der Waals surface area (Å²) in [5.41, 5.74) is 7.40. The van der Waals surface area contributed by atoms with Gasteiger partial charge in [0.2, 0.25) is 5.91 Å². The molecule has 0 bridgehead atoms. The van der Waals surface area contributed by atoms with Crippen molar-refractivity contribution in [2.24, 2.45) is 0 Å². The quantitative estimate of drug-likeness (QED) is 0.230. The van der Waals surface area contributed by atoms with Crippen molar-refractivity contribution in [1.82, 2.24) is 9.97 Å². The molecule has 35 heavy (non-hydrogen) atoms. The van der Waals surface area contributed by atoms with Gasteiger partial charge in [-0.25, -0.2) is 14.8 Å². The summed E-state index contributed by atoms with van der Waals surface area (Å²) in [5.74, 6) is -0.671. The van der Waals surface area contributed by atoms with E-state index in [9.17, 15) is 14.4 Å². The molecule has 0 aliphatic rings. The molecule has 0 saturated heterocycles. The summed E-state index contributed by atoms with van der Waals surface area (Å²) in [7, 11) is 1.53. The lowest BCUT2D eigenvalue weighted by atomic mass is 10.2. The predicted octanol–water partition coefficient (Wildman–Crippen LogP) is 3.62. The number of thioether (sulfide) groups is 1. The molecular formula is C24H25N5O5S. The molecule has 4 N–H and O–H groups in total. The van der Waals surface area contributed by atoms with E-state index in [0.29, 0.717) is 22.7 Å². The fraction of sp³-hybridized carbons (Fsp3) is 0.208. The van der Waals surface area contributed by atoms with Gasteiger partial charge in [0.25, 0.3) is 5.91 Å². The molecule has 1 unspecified atom stereocenters. The number of hydrogen-bond acceptors (Lipinski definition) is 9. The minimum absolute atomic E-state index is 0.0180. The van der Waals surface area contributed by atoms with Gasteiger partial charge < -0.3 is 25.8 Å². The van der Waals surface area contributed by atoms with Crippen LogP contribution in [0.25, 0.3) is 0 Å². The highest BCUT2D eigenvalue weighted by molar-refractivity contribution is 8.00. The highest BCUT2D eigenvalue weighted by Gasteiger charge is 2.19. The lowest BCUT2D eigenvalue weighted by Gasteiger charge is -2.13. The van der Waals surface area contributed by atoms with Crippen LogP contribution in [0.4, 0.5) is 17.2 Å². The minimum Gasteiger partial charge on any atom is -0.495 e. The van der Waals surface area contributed by atoms with E-state index >= 15 is 0 Å². The number of benzene rings is 2. The standard InChI is InChI=1S/C24H25N5O5S/c1-4-34-23(32)17-13-26-24(29-20(17)25)35-14(2)21(30)27-16-11-9-15(10-12-16)22(31)28-18-7-5-6-8-19(18)33-3/h5-14H,4H2,1-3H3,(H,27,30)(H,28,31)(H2,25,26,29). The highest BCUT2D eigenvalue weighted by Crippen LogP contribution is 2.25. The molecule has 0 radical (unpaired) electrons. The van der Waals surface area contributed by atoms with E-state index < -0.39 is 11.2 Å². The van der Waals surface area contributed by atoms with Gasteiger partial charge in [0.1, 0.15) is 17.1 Å². The van der Waals surface area contributed by atoms with Crippen LogP contribution in [-0.2, 0) is 9.53 Å². The number of rotatable bonds is 9. The van der Waals surface area contributed by atoms with Gasteiger partial charge in [-0.3, -0.25) is 9.59 Å². The van der Waals surface area contributed by atoms with Gasteiger partial charge in [-0.2, -0.15) is 0 Å². The fourth-order valence-electron chi connectivity index (χ4n) is 2.90. The Labute approximate surface area is 206 Å². The van der Waals surface area contributed by atoms with Crippen molar-refractivity contribution in [3.05, 3.63) is 65.9 Å². The van der Waals surface area contributed by atoms with Crippen molar-refractivity contribution in [2.75, 3.05) is 30.1 Å². The highest BCUT2D eigenvalue weighted by atomic mass is 32.2. The van der Waals surface area contributed by atoms with Gasteiger partial charge in [-0.15, -0.1) is 0 Å². The smallest absolute Gasteiger partial charge is 0.343 e. The summed E-state index contributed by atoms with van der Waals surface area (Å²) < 4.78 is 10.1. The maximum absolute atomic E-state index is 12.6. The first-order valence-electron chi connectivity index (χ1n) is 10.6. The summed E-state index contributed by atoms with van der Waals surface area (Å²) in [6, 6.07) is 13.6. The number of carbonyl (C=O) groups is 3. The topological polar surface area (TPSA) is 146 Å². The SMILES string of the molecule is CCOC(=O)c1cnc(SC(C)C(=O)Nc2ccc(C(=O)Nc3ccccc3OC)cc2)nc1N. The molecule has 0 aliphatic heterocycles. The van der Waals surface area contributed by atoms with Gasteiger partial charge in [-0.1, -0.05) is 23.9 Å². The number of aromatic nitrogens is 2. The third-order valence-corrected chi connectivity index (χ3v) is 5.69. The molecule has 182 valence electrons. The molecule has 2 aromatic carbocycles. The minimum atomic E-state index is -0.604. The molecule has 0 saturated carbocycles. The zero-order valence-electron chi connectivity index (χ0n) is 19.4. The Morgan fingerprint density at radius 2 is 1.80 bits per heavy atom. The molecule has 3 rings (SSSR count). The van der Waals surface area contributed by atoms with Gasteiger partial charge >= 0.3 is 5.97 Å². The van der Waals surface area contributed by atoms with Crippen molar-refractivity contribution < 1.29 is 23.9 Å². The van der Waals surface area contributed by atoms with Crippen LogP contribution < -0.4 is 21.1 Å². The molecule has 1 aromatic heterocycles. The zero-order chi connectivity index (χ0) is 25.4. The Morgan fingerprint density at radius 1 is 1.09 bits per heavy atom. The second-order valence-electron chi connectivity index (χ2n) is 7.15. The number of nitrogen functional groups attached to an aromatic ring is 1. The number of nitrogens with one attached hydrogen (secondary N) is 2. The van der Waals surface area contributed by atoms with Crippen LogP contribution in [0.1, 0.15) is 34.6 Å². The zero-order valence-corrected chi connectivity index (χ0v) is 20.2. The van der Waals surface area contributed by atoms with Crippen LogP contribution in [0, 0.1) is 0 Å². The second-order valence-corrected chi connectivity index (χ2v) is 8.46. The molecule has 11 heteroatoms. The normalized spacial score (nSPS) is 11.3. The summed E-state index contributed by atoms with van der Waals surface area (Å²) in [6.07, 6.45) is 1.28. The van der Waals surface area contributed by atoms with Crippen LogP contribution >= 0.6 is 11.8 Å². The molecule has 2 amide bonds. The van der Waals surface area contributed by atoms with Crippen LogP contribution in [-0.4, -0.2) is 46.7 Å². The van der Waals surface area contributed by atoms with Crippen LogP contribution in [0.3, 0.4) is 0 Å². The Hall–Kier alpha value is -4.12. The van der Waals surface area contributed by atoms with E-state index in [2.05, 4.69) is 20.6 Å². The summed E-state index contributed by atoms with van der Waals surface area (Å²) in [5, 5.41) is 5.28. The van der Waals surface area contributed by atoms with Gasteiger partial charge in [-0.05, 0) is 50.2 Å². The Kier molecular flexibility index (Phi) is 8.63. The number of carbonyl (C=O) groups excluding carboxylic acids is 3. The molecule has 0 aliphatic carbocycles. The average Bonchev–Trinajstić information content (AvgIpc) is 2.85.